The van der Waals surface area contributed by atoms with Crippen molar-refractivity contribution < 1.29 is 24.1 Å². The van der Waals surface area contributed by atoms with E-state index in [0.717, 1.165) is 18.6 Å². The summed E-state index contributed by atoms with van der Waals surface area (Å²) in [6.07, 6.45) is 2.08. The highest BCUT2D eigenvalue weighted by molar-refractivity contribution is 5.94. The third-order valence-corrected chi connectivity index (χ3v) is 2.39. The molecule has 100 valence electrons. The van der Waals surface area contributed by atoms with E-state index in [1.807, 2.05) is 0 Å². The Balaban J connectivity index is 2.65. The summed E-state index contributed by atoms with van der Waals surface area (Å²) in [5.74, 6) is -2.03. The minimum Gasteiger partial charge on any atom is -0.490 e. The van der Waals surface area contributed by atoms with Crippen LogP contribution in [0.2, 0.25) is 0 Å². The Morgan fingerprint density at radius 1 is 1.33 bits per heavy atom. The van der Waals surface area contributed by atoms with Crippen molar-refractivity contribution in [2.75, 3.05) is 18.9 Å². The van der Waals surface area contributed by atoms with Crippen molar-refractivity contribution >= 4 is 11.7 Å². The fourth-order valence-electron chi connectivity index (χ4n) is 1.44. The van der Waals surface area contributed by atoms with Gasteiger partial charge in [-0.15, -0.1) is 0 Å². The SMILES string of the molecule is Nc1cc(F)c(OCCCCCO)cc1C(=O)O. The highest BCUT2D eigenvalue weighted by atomic mass is 19.1. The zero-order chi connectivity index (χ0) is 13.5. The Bertz CT molecular complexity index is 423. The van der Waals surface area contributed by atoms with Crippen molar-refractivity contribution in [2.24, 2.45) is 0 Å². The molecule has 0 aliphatic heterocycles. The van der Waals surface area contributed by atoms with Crippen molar-refractivity contribution in [3.8, 4) is 5.75 Å². The van der Waals surface area contributed by atoms with Gasteiger partial charge in [0, 0.05) is 18.4 Å². The normalized spacial score (nSPS) is 10.3. The second-order valence-electron chi connectivity index (χ2n) is 3.81. The van der Waals surface area contributed by atoms with Crippen LogP contribution < -0.4 is 10.5 Å². The van der Waals surface area contributed by atoms with E-state index in [-0.39, 0.29) is 30.2 Å². The fourth-order valence-corrected chi connectivity index (χ4v) is 1.44. The number of aliphatic hydroxyl groups is 1. The number of carboxylic acid groups (broad SMARTS) is 1. The molecule has 18 heavy (non-hydrogen) atoms. The Kier molecular flexibility index (Phi) is 5.38. The Hall–Kier alpha value is -1.82. The second-order valence-corrected chi connectivity index (χ2v) is 3.81. The van der Waals surface area contributed by atoms with E-state index in [9.17, 15) is 9.18 Å². The summed E-state index contributed by atoms with van der Waals surface area (Å²) in [4.78, 5) is 10.8. The summed E-state index contributed by atoms with van der Waals surface area (Å²) in [6.45, 7) is 0.374. The molecule has 0 atom stereocenters. The Labute approximate surface area is 104 Å². The second kappa shape index (κ2) is 6.80. The first-order valence-corrected chi connectivity index (χ1v) is 5.62. The van der Waals surface area contributed by atoms with Gasteiger partial charge in [0.2, 0.25) is 0 Å². The van der Waals surface area contributed by atoms with Crippen molar-refractivity contribution in [3.05, 3.63) is 23.5 Å². The van der Waals surface area contributed by atoms with E-state index < -0.39 is 11.8 Å². The predicted octanol–water partition coefficient (Wildman–Crippen LogP) is 1.65. The van der Waals surface area contributed by atoms with Gasteiger partial charge in [0.1, 0.15) is 0 Å². The molecule has 0 unspecified atom stereocenters. The van der Waals surface area contributed by atoms with Crippen LogP contribution in [0.15, 0.2) is 12.1 Å². The van der Waals surface area contributed by atoms with Gasteiger partial charge in [-0.3, -0.25) is 0 Å². The summed E-state index contributed by atoms with van der Waals surface area (Å²) >= 11 is 0. The maximum atomic E-state index is 13.4. The van der Waals surface area contributed by atoms with Gasteiger partial charge < -0.3 is 20.7 Å². The van der Waals surface area contributed by atoms with E-state index in [2.05, 4.69) is 0 Å². The number of ether oxygens (including phenoxy) is 1. The van der Waals surface area contributed by atoms with Gasteiger partial charge in [0.15, 0.2) is 11.6 Å². The van der Waals surface area contributed by atoms with Crippen molar-refractivity contribution in [1.82, 2.24) is 0 Å². The minimum atomic E-state index is -1.22. The van der Waals surface area contributed by atoms with Crippen LogP contribution >= 0.6 is 0 Å². The third kappa shape index (κ3) is 3.89. The summed E-state index contributed by atoms with van der Waals surface area (Å²) < 4.78 is 18.6. The molecule has 0 saturated carbocycles. The number of benzene rings is 1. The molecule has 6 heteroatoms. The van der Waals surface area contributed by atoms with E-state index in [1.54, 1.807) is 0 Å². The molecule has 0 saturated heterocycles. The molecule has 4 N–H and O–H groups in total. The summed E-state index contributed by atoms with van der Waals surface area (Å²) in [6, 6.07) is 2.02. The van der Waals surface area contributed by atoms with Gasteiger partial charge >= 0.3 is 5.97 Å². The minimum absolute atomic E-state index is 0.111. The van der Waals surface area contributed by atoms with Gasteiger partial charge in [-0.2, -0.15) is 0 Å². The van der Waals surface area contributed by atoms with Gasteiger partial charge in [-0.25, -0.2) is 9.18 Å². The molecule has 1 aromatic carbocycles. The summed E-state index contributed by atoms with van der Waals surface area (Å²) in [5, 5.41) is 17.4. The molecule has 0 aliphatic rings. The van der Waals surface area contributed by atoms with E-state index >= 15 is 0 Å². The van der Waals surface area contributed by atoms with Crippen molar-refractivity contribution in [3.63, 3.8) is 0 Å². The lowest BCUT2D eigenvalue weighted by Gasteiger charge is -2.09. The monoisotopic (exact) mass is 257 g/mol. The molecular weight excluding hydrogens is 241 g/mol. The molecule has 0 aliphatic carbocycles. The number of anilines is 1. The molecule has 0 spiro atoms. The number of rotatable bonds is 7. The van der Waals surface area contributed by atoms with Crippen LogP contribution in [0.25, 0.3) is 0 Å². The maximum Gasteiger partial charge on any atom is 0.337 e. The average molecular weight is 257 g/mol. The van der Waals surface area contributed by atoms with Crippen LogP contribution in [-0.4, -0.2) is 29.4 Å². The van der Waals surface area contributed by atoms with E-state index in [4.69, 9.17) is 20.7 Å². The average Bonchev–Trinajstić information content (AvgIpc) is 2.30. The Morgan fingerprint density at radius 2 is 2.06 bits per heavy atom. The zero-order valence-electron chi connectivity index (χ0n) is 9.86. The number of aliphatic hydroxyl groups excluding tert-OH is 1. The molecule has 0 radical (unpaired) electrons. The van der Waals surface area contributed by atoms with Crippen molar-refractivity contribution in [1.29, 1.82) is 0 Å². The van der Waals surface area contributed by atoms with Crippen LogP contribution in [0.5, 0.6) is 5.75 Å². The van der Waals surface area contributed by atoms with Crippen LogP contribution in [0.3, 0.4) is 0 Å². The lowest BCUT2D eigenvalue weighted by Crippen LogP contribution is -2.06. The van der Waals surface area contributed by atoms with Crippen LogP contribution in [0.4, 0.5) is 10.1 Å². The first-order chi connectivity index (χ1) is 8.56. The molecule has 1 aromatic rings. The maximum absolute atomic E-state index is 13.4. The molecule has 0 aromatic heterocycles. The first kappa shape index (κ1) is 14.2. The van der Waals surface area contributed by atoms with Gasteiger partial charge in [0.25, 0.3) is 0 Å². The Morgan fingerprint density at radius 3 is 2.67 bits per heavy atom. The predicted molar refractivity (Wildman–Crippen MR) is 64.2 cm³/mol. The molecule has 0 fully saturated rings. The number of carboxylic acids is 1. The van der Waals surface area contributed by atoms with E-state index in [1.165, 1.54) is 0 Å². The number of nitrogen functional groups attached to an aromatic ring is 1. The standard InChI is InChI=1S/C12H16FNO4/c13-9-7-10(14)8(12(16)17)6-11(9)18-5-3-1-2-4-15/h6-7,15H,1-5,14H2,(H,16,17). The fraction of sp³-hybridized carbons (Fsp3) is 0.417. The topological polar surface area (TPSA) is 92.8 Å². The number of nitrogens with two attached hydrogens (primary N) is 1. The molecule has 0 amide bonds. The van der Waals surface area contributed by atoms with Gasteiger partial charge in [0.05, 0.1) is 12.2 Å². The molecule has 5 nitrogen and oxygen atoms in total. The highest BCUT2D eigenvalue weighted by Crippen LogP contribution is 2.24. The lowest BCUT2D eigenvalue weighted by atomic mass is 10.1. The van der Waals surface area contributed by atoms with Gasteiger partial charge in [-0.05, 0) is 25.3 Å². The number of unbranched alkanes of at least 4 members (excludes halogenated alkanes) is 2. The smallest absolute Gasteiger partial charge is 0.337 e. The number of hydrogen-bond acceptors (Lipinski definition) is 4. The van der Waals surface area contributed by atoms with Crippen molar-refractivity contribution in [2.45, 2.75) is 19.3 Å². The number of aromatic carboxylic acids is 1. The molecule has 1 rings (SSSR count). The quantitative estimate of drug-likeness (QED) is 0.510. The number of halogens is 1. The molecule has 0 bridgehead atoms. The highest BCUT2D eigenvalue weighted by Gasteiger charge is 2.13. The largest absolute Gasteiger partial charge is 0.490 e. The first-order valence-electron chi connectivity index (χ1n) is 5.62. The van der Waals surface area contributed by atoms with E-state index in [0.29, 0.717) is 12.8 Å². The zero-order valence-corrected chi connectivity index (χ0v) is 9.86. The van der Waals surface area contributed by atoms with Crippen LogP contribution in [0.1, 0.15) is 29.6 Å². The van der Waals surface area contributed by atoms with Crippen LogP contribution in [0, 0.1) is 5.82 Å². The molecule has 0 heterocycles. The third-order valence-electron chi connectivity index (χ3n) is 2.39. The van der Waals surface area contributed by atoms with Crippen LogP contribution in [-0.2, 0) is 0 Å². The number of carbonyl (C=O) groups is 1. The number of hydrogen-bond donors (Lipinski definition) is 3. The molecular formula is C12H16FNO4. The lowest BCUT2D eigenvalue weighted by molar-refractivity contribution is 0.0697. The summed E-state index contributed by atoms with van der Waals surface area (Å²) in [5.41, 5.74) is 5.07. The van der Waals surface area contributed by atoms with Gasteiger partial charge in [-0.1, -0.05) is 0 Å². The summed E-state index contributed by atoms with van der Waals surface area (Å²) in [7, 11) is 0.